The van der Waals surface area contributed by atoms with E-state index in [4.69, 9.17) is 5.26 Å². The SMILES string of the molecule is CCN(CC)C1CN(CC#N)CN(C(C#N)C(C#N)N2CC(C#N)CN(CC#N)C2)C1. The zero-order valence-corrected chi connectivity index (χ0v) is 18.4. The second-order valence-electron chi connectivity index (χ2n) is 8.01. The van der Waals surface area contributed by atoms with Crippen molar-refractivity contribution in [1.29, 1.82) is 26.3 Å². The Morgan fingerprint density at radius 1 is 0.774 bits per heavy atom. The first-order valence-electron chi connectivity index (χ1n) is 10.6. The molecule has 2 rings (SSSR count). The third-order valence-electron chi connectivity index (χ3n) is 6.06. The van der Waals surface area contributed by atoms with E-state index in [-0.39, 0.29) is 25.0 Å². The Bertz CT molecular complexity index is 789. The van der Waals surface area contributed by atoms with E-state index < -0.39 is 12.1 Å². The highest BCUT2D eigenvalue weighted by atomic mass is 15.4. The number of nitrogens with zero attached hydrogens (tertiary/aromatic N) is 10. The third kappa shape index (κ3) is 6.13. The Morgan fingerprint density at radius 2 is 1.29 bits per heavy atom. The Labute approximate surface area is 185 Å². The van der Waals surface area contributed by atoms with Crippen molar-refractivity contribution < 1.29 is 0 Å². The van der Waals surface area contributed by atoms with Crippen LogP contribution in [0.5, 0.6) is 0 Å². The van der Waals surface area contributed by atoms with Gasteiger partial charge in [-0.05, 0) is 13.1 Å². The Morgan fingerprint density at radius 3 is 1.74 bits per heavy atom. The summed E-state index contributed by atoms with van der Waals surface area (Å²) < 4.78 is 0. The maximum Gasteiger partial charge on any atom is 0.128 e. The van der Waals surface area contributed by atoms with E-state index in [2.05, 4.69) is 49.1 Å². The standard InChI is InChI=1S/C21H30N10/c1-3-29(4-2)19-14-28(8-6-23)17-31(15-19)21(11-26)20(10-25)30-13-18(9-24)12-27(16-30)7-5-22/h18-21H,3-4,7-8,12-17H2,1-2H3. The normalized spacial score (nSPS) is 25.5. The largest absolute Gasteiger partial charge is 0.298 e. The highest BCUT2D eigenvalue weighted by Gasteiger charge is 2.40. The average Bonchev–Trinajstić information content (AvgIpc) is 2.78. The molecule has 0 aromatic heterocycles. The number of hydrogen-bond donors (Lipinski definition) is 0. The van der Waals surface area contributed by atoms with E-state index in [1.165, 1.54) is 0 Å². The molecule has 2 heterocycles. The summed E-state index contributed by atoms with van der Waals surface area (Å²) in [6, 6.07) is 9.90. The van der Waals surface area contributed by atoms with Gasteiger partial charge in [-0.2, -0.15) is 26.3 Å². The van der Waals surface area contributed by atoms with Crippen molar-refractivity contribution in [2.24, 2.45) is 5.92 Å². The molecular formula is C21H30N10. The Balaban J connectivity index is 2.26. The van der Waals surface area contributed by atoms with Crippen molar-refractivity contribution in [2.45, 2.75) is 32.0 Å². The summed E-state index contributed by atoms with van der Waals surface area (Å²) in [5.41, 5.74) is 0. The van der Waals surface area contributed by atoms with Gasteiger partial charge in [-0.3, -0.25) is 24.5 Å². The van der Waals surface area contributed by atoms with Crippen LogP contribution in [0.4, 0.5) is 0 Å². The minimum atomic E-state index is -0.735. The van der Waals surface area contributed by atoms with Gasteiger partial charge in [-0.25, -0.2) is 0 Å². The monoisotopic (exact) mass is 422 g/mol. The van der Waals surface area contributed by atoms with Gasteiger partial charge in [0, 0.05) is 32.2 Å². The van der Waals surface area contributed by atoms with Crippen LogP contribution in [-0.4, -0.2) is 108 Å². The predicted molar refractivity (Wildman–Crippen MR) is 112 cm³/mol. The van der Waals surface area contributed by atoms with E-state index >= 15 is 0 Å². The Hall–Kier alpha value is -2.75. The molecular weight excluding hydrogens is 392 g/mol. The second-order valence-corrected chi connectivity index (χ2v) is 8.01. The molecule has 10 heteroatoms. The highest BCUT2D eigenvalue weighted by molar-refractivity contribution is 5.13. The summed E-state index contributed by atoms with van der Waals surface area (Å²) in [5.74, 6) is -0.322. The van der Waals surface area contributed by atoms with Gasteiger partial charge < -0.3 is 0 Å². The maximum atomic E-state index is 10.1. The molecule has 2 fully saturated rings. The molecule has 0 saturated carbocycles. The molecule has 0 radical (unpaired) electrons. The van der Waals surface area contributed by atoms with Crippen LogP contribution in [-0.2, 0) is 0 Å². The van der Waals surface area contributed by atoms with Gasteiger partial charge in [0.25, 0.3) is 0 Å². The summed E-state index contributed by atoms with van der Waals surface area (Å²) in [6.07, 6.45) is 0. The summed E-state index contributed by atoms with van der Waals surface area (Å²) in [4.78, 5) is 10.0. The number of hydrogen-bond acceptors (Lipinski definition) is 10. The fourth-order valence-electron chi connectivity index (χ4n) is 4.61. The van der Waals surface area contributed by atoms with E-state index in [1.54, 1.807) is 0 Å². The number of likely N-dealkylation sites (N-methyl/N-ethyl adjacent to an activating group) is 1. The summed E-state index contributed by atoms with van der Waals surface area (Å²) in [6.45, 7) is 9.44. The van der Waals surface area contributed by atoms with Crippen molar-refractivity contribution in [3.63, 3.8) is 0 Å². The molecule has 2 aliphatic rings. The molecule has 0 aromatic rings. The lowest BCUT2D eigenvalue weighted by Crippen LogP contribution is -2.64. The van der Waals surface area contributed by atoms with Gasteiger partial charge in [0.15, 0.2) is 0 Å². The minimum Gasteiger partial charge on any atom is -0.298 e. The molecule has 164 valence electrons. The lowest BCUT2D eigenvalue weighted by Gasteiger charge is -2.47. The van der Waals surface area contributed by atoms with Gasteiger partial charge in [-0.15, -0.1) is 0 Å². The van der Waals surface area contributed by atoms with Crippen LogP contribution >= 0.6 is 0 Å². The third-order valence-corrected chi connectivity index (χ3v) is 6.06. The van der Waals surface area contributed by atoms with E-state index in [1.807, 2.05) is 19.6 Å². The highest BCUT2D eigenvalue weighted by Crippen LogP contribution is 2.22. The number of rotatable bonds is 8. The minimum absolute atomic E-state index is 0.163. The summed E-state index contributed by atoms with van der Waals surface area (Å²) in [5, 5.41) is 47.8. The fraction of sp³-hybridized carbons (Fsp3) is 0.762. The lowest BCUT2D eigenvalue weighted by molar-refractivity contribution is -0.0181. The quantitative estimate of drug-likeness (QED) is 0.484. The van der Waals surface area contributed by atoms with Gasteiger partial charge in [0.05, 0.1) is 62.7 Å². The van der Waals surface area contributed by atoms with Crippen molar-refractivity contribution in [1.82, 2.24) is 24.5 Å². The van der Waals surface area contributed by atoms with Crippen LogP contribution in [0.1, 0.15) is 13.8 Å². The number of nitriles is 5. The lowest BCUT2D eigenvalue weighted by atomic mass is 10.0. The molecule has 2 saturated heterocycles. The summed E-state index contributed by atoms with van der Waals surface area (Å²) >= 11 is 0. The van der Waals surface area contributed by atoms with E-state index in [9.17, 15) is 21.0 Å². The van der Waals surface area contributed by atoms with Gasteiger partial charge >= 0.3 is 0 Å². The maximum absolute atomic E-state index is 10.1. The zero-order chi connectivity index (χ0) is 22.8. The van der Waals surface area contributed by atoms with Crippen LogP contribution in [0, 0.1) is 62.6 Å². The summed E-state index contributed by atoms with van der Waals surface area (Å²) in [7, 11) is 0. The first-order chi connectivity index (χ1) is 15.0. The van der Waals surface area contributed by atoms with Crippen LogP contribution in [0.3, 0.4) is 0 Å². The van der Waals surface area contributed by atoms with Gasteiger partial charge in [-0.1, -0.05) is 13.8 Å². The Kier molecular flexibility index (Phi) is 9.64. The van der Waals surface area contributed by atoms with Crippen LogP contribution in [0.15, 0.2) is 0 Å². The van der Waals surface area contributed by atoms with Crippen molar-refractivity contribution in [3.05, 3.63) is 0 Å². The molecule has 4 unspecified atom stereocenters. The molecule has 4 atom stereocenters. The van der Waals surface area contributed by atoms with Crippen molar-refractivity contribution in [2.75, 3.05) is 65.7 Å². The van der Waals surface area contributed by atoms with Crippen LogP contribution in [0.2, 0.25) is 0 Å². The van der Waals surface area contributed by atoms with Crippen molar-refractivity contribution >= 4 is 0 Å². The molecule has 0 bridgehead atoms. The molecule has 0 spiro atoms. The molecule has 0 aliphatic carbocycles. The fourth-order valence-corrected chi connectivity index (χ4v) is 4.61. The molecule has 0 N–H and O–H groups in total. The molecule has 0 aromatic carbocycles. The second kappa shape index (κ2) is 12.2. The van der Waals surface area contributed by atoms with Gasteiger partial charge in [0.2, 0.25) is 0 Å². The average molecular weight is 423 g/mol. The van der Waals surface area contributed by atoms with Crippen LogP contribution < -0.4 is 0 Å². The van der Waals surface area contributed by atoms with Gasteiger partial charge in [0.1, 0.15) is 12.1 Å². The van der Waals surface area contributed by atoms with E-state index in [0.717, 1.165) is 19.6 Å². The zero-order valence-electron chi connectivity index (χ0n) is 18.4. The molecule has 31 heavy (non-hydrogen) atoms. The topological polar surface area (TPSA) is 135 Å². The first-order valence-corrected chi connectivity index (χ1v) is 10.6. The van der Waals surface area contributed by atoms with Crippen molar-refractivity contribution in [3.8, 4) is 30.3 Å². The molecule has 2 aliphatic heterocycles. The van der Waals surface area contributed by atoms with E-state index in [0.29, 0.717) is 33.0 Å². The first kappa shape index (κ1) is 24.5. The molecule has 10 nitrogen and oxygen atoms in total. The molecule has 0 amide bonds. The smallest absolute Gasteiger partial charge is 0.128 e. The van der Waals surface area contributed by atoms with Crippen LogP contribution in [0.25, 0.3) is 0 Å². The predicted octanol–water partition coefficient (Wildman–Crippen LogP) is -0.182.